The maximum atomic E-state index is 11.8. The first-order chi connectivity index (χ1) is 10.3. The second-order valence-electron chi connectivity index (χ2n) is 4.74. The van der Waals surface area contributed by atoms with E-state index in [0.29, 0.717) is 0 Å². The van der Waals surface area contributed by atoms with Crippen LogP contribution in [0.3, 0.4) is 0 Å². The molecule has 1 atom stereocenters. The first-order valence-corrected chi connectivity index (χ1v) is 6.04. The summed E-state index contributed by atoms with van der Waals surface area (Å²) in [6, 6.07) is 2.03. The molecular weight excluding hydrogens is 296 g/mol. The van der Waals surface area contributed by atoms with Crippen molar-refractivity contribution in [3.8, 4) is 17.2 Å². The van der Waals surface area contributed by atoms with E-state index >= 15 is 0 Å². The number of allylic oxidation sites excluding steroid dienone is 3. The molecule has 1 aromatic rings. The van der Waals surface area contributed by atoms with Crippen LogP contribution >= 0.6 is 0 Å². The van der Waals surface area contributed by atoms with E-state index in [-0.39, 0.29) is 11.3 Å². The zero-order valence-electron chi connectivity index (χ0n) is 10.8. The molecule has 1 aliphatic heterocycles. The van der Waals surface area contributed by atoms with Crippen molar-refractivity contribution in [3.63, 3.8) is 0 Å². The number of hydrogen-bond acceptors (Lipinski definition) is 8. The minimum absolute atomic E-state index is 0.0276. The van der Waals surface area contributed by atoms with E-state index in [1.807, 2.05) is 0 Å². The fourth-order valence-corrected chi connectivity index (χ4v) is 2.28. The van der Waals surface area contributed by atoms with Crippen LogP contribution in [-0.2, 0) is 9.53 Å². The molecule has 1 aliphatic carbocycles. The van der Waals surface area contributed by atoms with Gasteiger partial charge in [0.05, 0.1) is 0 Å². The number of phenols is 3. The van der Waals surface area contributed by atoms with Crippen LogP contribution in [0.1, 0.15) is 11.7 Å². The number of aliphatic hydroxyl groups excluding tert-OH is 3. The van der Waals surface area contributed by atoms with Gasteiger partial charge in [-0.3, -0.25) is 4.79 Å². The van der Waals surface area contributed by atoms with E-state index in [4.69, 9.17) is 4.74 Å². The minimum Gasteiger partial charge on any atom is -0.507 e. The Kier molecular flexibility index (Phi) is 2.71. The Morgan fingerprint density at radius 1 is 0.955 bits per heavy atom. The van der Waals surface area contributed by atoms with E-state index in [1.54, 1.807) is 0 Å². The van der Waals surface area contributed by atoms with Gasteiger partial charge in [-0.1, -0.05) is 0 Å². The van der Waals surface area contributed by atoms with E-state index in [0.717, 1.165) is 18.2 Å². The number of ether oxygens (including phenoxy) is 1. The summed E-state index contributed by atoms with van der Waals surface area (Å²) in [4.78, 5) is 11.8. The highest BCUT2D eigenvalue weighted by molar-refractivity contribution is 6.11. The van der Waals surface area contributed by atoms with Crippen molar-refractivity contribution in [1.82, 2.24) is 0 Å². The van der Waals surface area contributed by atoms with E-state index in [1.165, 1.54) is 0 Å². The minimum atomic E-state index is -1.30. The molecule has 6 N–H and O–H groups in total. The summed E-state index contributed by atoms with van der Waals surface area (Å²) >= 11 is 0. The van der Waals surface area contributed by atoms with E-state index < -0.39 is 52.0 Å². The molecule has 1 heterocycles. The average Bonchev–Trinajstić information content (AvgIpc) is 2.80. The van der Waals surface area contributed by atoms with E-state index in [2.05, 4.69) is 0 Å². The van der Waals surface area contributed by atoms with E-state index in [9.17, 15) is 35.4 Å². The molecule has 1 unspecified atom stereocenters. The number of carbonyl (C=O) groups is 1. The Labute approximate surface area is 122 Å². The van der Waals surface area contributed by atoms with Gasteiger partial charge in [0.1, 0.15) is 5.57 Å². The number of carbonyl (C=O) groups excluding carboxylic acids is 1. The summed E-state index contributed by atoms with van der Waals surface area (Å²) in [6.45, 7) is 0. The molecule has 0 saturated carbocycles. The number of benzene rings is 1. The molecule has 0 aromatic heterocycles. The van der Waals surface area contributed by atoms with Gasteiger partial charge in [0.15, 0.2) is 46.4 Å². The average molecular weight is 306 g/mol. The molecule has 114 valence electrons. The highest BCUT2D eigenvalue weighted by Crippen LogP contribution is 2.46. The topological polar surface area (TPSA) is 148 Å². The van der Waals surface area contributed by atoms with Crippen molar-refractivity contribution in [2.24, 2.45) is 0 Å². The zero-order chi connectivity index (χ0) is 16.2. The molecule has 0 bridgehead atoms. The van der Waals surface area contributed by atoms with Crippen molar-refractivity contribution in [2.75, 3.05) is 0 Å². The third-order valence-corrected chi connectivity index (χ3v) is 3.33. The van der Waals surface area contributed by atoms with Crippen LogP contribution in [0.5, 0.6) is 17.2 Å². The number of hydrogen-bond donors (Lipinski definition) is 6. The van der Waals surface area contributed by atoms with Gasteiger partial charge in [-0.05, 0) is 12.1 Å². The van der Waals surface area contributed by atoms with Crippen LogP contribution in [0.15, 0.2) is 46.8 Å². The predicted molar refractivity (Wildman–Crippen MR) is 70.3 cm³/mol. The molecule has 0 radical (unpaired) electrons. The highest BCUT2D eigenvalue weighted by atomic mass is 16.5. The van der Waals surface area contributed by atoms with Crippen LogP contribution in [0.25, 0.3) is 0 Å². The second kappa shape index (κ2) is 4.35. The third kappa shape index (κ3) is 1.74. The van der Waals surface area contributed by atoms with Gasteiger partial charge < -0.3 is 35.4 Å². The van der Waals surface area contributed by atoms with Crippen molar-refractivity contribution in [2.45, 2.75) is 6.10 Å². The lowest BCUT2D eigenvalue weighted by Gasteiger charge is -2.14. The Morgan fingerprint density at radius 3 is 2.14 bits per heavy atom. The van der Waals surface area contributed by atoms with Gasteiger partial charge in [0.25, 0.3) is 0 Å². The fourth-order valence-electron chi connectivity index (χ4n) is 2.28. The van der Waals surface area contributed by atoms with Crippen molar-refractivity contribution in [3.05, 3.63) is 52.4 Å². The van der Waals surface area contributed by atoms with Gasteiger partial charge in [-0.2, -0.15) is 0 Å². The van der Waals surface area contributed by atoms with Crippen LogP contribution in [-0.4, -0.2) is 36.4 Å². The van der Waals surface area contributed by atoms with Gasteiger partial charge in [-0.25, -0.2) is 0 Å². The molecule has 8 heteroatoms. The summed E-state index contributed by atoms with van der Waals surface area (Å²) in [6.07, 6.45) is -0.518. The Hall–Kier alpha value is -3.29. The number of ketones is 1. The van der Waals surface area contributed by atoms with Crippen LogP contribution in [0.2, 0.25) is 0 Å². The number of rotatable bonds is 1. The highest BCUT2D eigenvalue weighted by Gasteiger charge is 2.42. The Bertz CT molecular complexity index is 776. The summed E-state index contributed by atoms with van der Waals surface area (Å²) in [5.41, 5.74) is -0.380. The Morgan fingerprint density at radius 2 is 1.55 bits per heavy atom. The lowest BCUT2D eigenvalue weighted by atomic mass is 9.99. The lowest BCUT2D eigenvalue weighted by molar-refractivity contribution is -0.114. The molecule has 8 nitrogen and oxygen atoms in total. The number of Topliss-reactive ketones (excluding diaryl/α,β-unsaturated/α-hetero) is 1. The predicted octanol–water partition coefficient (Wildman–Crippen LogP) is 1.48. The first kappa shape index (κ1) is 13.7. The van der Waals surface area contributed by atoms with Gasteiger partial charge >= 0.3 is 0 Å². The molecule has 0 fully saturated rings. The maximum Gasteiger partial charge on any atom is 0.234 e. The summed E-state index contributed by atoms with van der Waals surface area (Å²) in [5.74, 6) is -5.22. The zero-order valence-corrected chi connectivity index (χ0v) is 10.8. The number of fused-ring (bicyclic) bond motifs is 1. The van der Waals surface area contributed by atoms with Gasteiger partial charge in [0.2, 0.25) is 5.78 Å². The molecule has 22 heavy (non-hydrogen) atoms. The quantitative estimate of drug-likeness (QED) is 0.427. The van der Waals surface area contributed by atoms with Crippen molar-refractivity contribution < 1.29 is 40.2 Å². The summed E-state index contributed by atoms with van der Waals surface area (Å²) in [7, 11) is 0. The second-order valence-corrected chi connectivity index (χ2v) is 4.74. The SMILES string of the molecule is O=C1C(O)=CC(O)=C2OC(c3cc(O)c(O)c(O)c3)C(O)=C12. The molecule has 0 spiro atoms. The van der Waals surface area contributed by atoms with Crippen LogP contribution in [0, 0.1) is 0 Å². The standard InChI is InChI=1S/C14H10O8/c15-5-1-4(2-6(16)10(5)19)13-12(21)9-11(20)7(17)3-8(18)14(9)22-13/h1-3,13,15-19,21H. The maximum absolute atomic E-state index is 11.8. The van der Waals surface area contributed by atoms with Gasteiger partial charge in [-0.15, -0.1) is 0 Å². The molecular formula is C14H10O8. The summed E-state index contributed by atoms with van der Waals surface area (Å²) < 4.78 is 5.27. The number of aromatic hydroxyl groups is 3. The van der Waals surface area contributed by atoms with Crippen LogP contribution in [0.4, 0.5) is 0 Å². The normalized spacial score (nSPS) is 20.8. The lowest BCUT2D eigenvalue weighted by Crippen LogP contribution is -2.13. The number of phenolic OH excluding ortho intramolecular Hbond substituents is 3. The summed E-state index contributed by atoms with van der Waals surface area (Å²) in [5, 5.41) is 57.5. The molecule has 1 aromatic carbocycles. The molecule has 0 saturated heterocycles. The smallest absolute Gasteiger partial charge is 0.234 e. The Balaban J connectivity index is 2.13. The fraction of sp³-hybridized carbons (Fsp3) is 0.0714. The molecule has 0 amide bonds. The first-order valence-electron chi connectivity index (χ1n) is 6.04. The monoisotopic (exact) mass is 306 g/mol. The largest absolute Gasteiger partial charge is 0.507 e. The third-order valence-electron chi connectivity index (χ3n) is 3.33. The molecule has 2 aliphatic rings. The molecule has 3 rings (SSSR count). The van der Waals surface area contributed by atoms with Crippen molar-refractivity contribution >= 4 is 5.78 Å². The number of aliphatic hydroxyl groups is 3. The van der Waals surface area contributed by atoms with Crippen LogP contribution < -0.4 is 0 Å². The van der Waals surface area contributed by atoms with Gasteiger partial charge in [0, 0.05) is 11.6 Å². The van der Waals surface area contributed by atoms with Crippen molar-refractivity contribution in [1.29, 1.82) is 0 Å².